The summed E-state index contributed by atoms with van der Waals surface area (Å²) in [6, 6.07) is 6.55. The number of carbonyl (C=O) groups is 2. The van der Waals surface area contributed by atoms with Gasteiger partial charge in [0.25, 0.3) is 0 Å². The Labute approximate surface area is 151 Å². The molecular weight excluding hydrogens is 336 g/mol. The van der Waals surface area contributed by atoms with Crippen LogP contribution in [0.4, 0.5) is 9.59 Å². The molecule has 1 atom stereocenters. The SMILES string of the molecule is COc1ccc2[nH]c(CNC(=O)N(N)[C@@H]3CCCN(C(N)=O)C3)cc2c1. The Kier molecular flexibility index (Phi) is 5.17. The molecule has 9 heteroatoms. The van der Waals surface area contributed by atoms with Crippen LogP contribution >= 0.6 is 0 Å². The lowest BCUT2D eigenvalue weighted by atomic mass is 10.1. The highest BCUT2D eigenvalue weighted by Crippen LogP contribution is 2.21. The molecule has 0 unspecified atom stereocenters. The molecule has 1 aliphatic rings. The van der Waals surface area contributed by atoms with Gasteiger partial charge in [-0.1, -0.05) is 0 Å². The first-order valence-corrected chi connectivity index (χ1v) is 8.49. The smallest absolute Gasteiger partial charge is 0.332 e. The number of carbonyl (C=O) groups excluding carboxylic acids is 2. The number of fused-ring (bicyclic) bond motifs is 1. The number of hydrogen-bond acceptors (Lipinski definition) is 4. The third-order valence-corrected chi connectivity index (χ3v) is 4.65. The number of nitrogens with zero attached hydrogens (tertiary/aromatic N) is 2. The van der Waals surface area contributed by atoms with E-state index < -0.39 is 12.1 Å². The number of amides is 4. The van der Waals surface area contributed by atoms with Crippen molar-refractivity contribution in [3.63, 3.8) is 0 Å². The molecule has 0 spiro atoms. The molecule has 1 fully saturated rings. The second-order valence-corrected chi connectivity index (χ2v) is 6.39. The Bertz CT molecular complexity index is 805. The number of benzene rings is 1. The number of aromatic nitrogens is 1. The molecule has 0 bridgehead atoms. The van der Waals surface area contributed by atoms with Gasteiger partial charge < -0.3 is 25.7 Å². The van der Waals surface area contributed by atoms with Crippen LogP contribution in [0.5, 0.6) is 5.75 Å². The minimum atomic E-state index is -0.489. The minimum absolute atomic E-state index is 0.247. The Morgan fingerprint density at radius 2 is 2.23 bits per heavy atom. The van der Waals surface area contributed by atoms with E-state index in [1.807, 2.05) is 24.3 Å². The number of methoxy groups -OCH3 is 1. The predicted octanol–water partition coefficient (Wildman–Crippen LogP) is 1.10. The molecule has 9 nitrogen and oxygen atoms in total. The normalized spacial score (nSPS) is 17.2. The van der Waals surface area contributed by atoms with Crippen molar-refractivity contribution < 1.29 is 14.3 Å². The average Bonchev–Trinajstić information content (AvgIpc) is 3.07. The van der Waals surface area contributed by atoms with Crippen LogP contribution < -0.4 is 21.6 Å². The summed E-state index contributed by atoms with van der Waals surface area (Å²) < 4.78 is 5.21. The maximum atomic E-state index is 12.3. The van der Waals surface area contributed by atoms with Gasteiger partial charge in [-0.3, -0.25) is 5.01 Å². The summed E-state index contributed by atoms with van der Waals surface area (Å²) in [5, 5.41) is 4.95. The second kappa shape index (κ2) is 7.52. The van der Waals surface area contributed by atoms with Gasteiger partial charge in [-0.05, 0) is 37.1 Å². The molecule has 2 aromatic rings. The lowest BCUT2D eigenvalue weighted by Gasteiger charge is -2.36. The molecule has 1 saturated heterocycles. The van der Waals surface area contributed by atoms with Crippen LogP contribution in [0.15, 0.2) is 24.3 Å². The summed E-state index contributed by atoms with van der Waals surface area (Å²) in [6.45, 7) is 1.26. The van der Waals surface area contributed by atoms with Crippen molar-refractivity contribution in [1.29, 1.82) is 0 Å². The van der Waals surface area contributed by atoms with E-state index in [0.29, 0.717) is 19.6 Å². The van der Waals surface area contributed by atoms with Gasteiger partial charge in [-0.25, -0.2) is 15.4 Å². The molecule has 4 amide bonds. The standard InChI is InChI=1S/C17H24N6O3/c1-26-14-4-5-15-11(8-14)7-12(21-15)9-20-17(25)23(19)13-3-2-6-22(10-13)16(18)24/h4-5,7-8,13,21H,2-3,6,9-10,19H2,1H3,(H2,18,24)(H,20,25)/t13-/m1/s1. The van der Waals surface area contributed by atoms with E-state index in [2.05, 4.69) is 10.3 Å². The third kappa shape index (κ3) is 3.83. The zero-order valence-electron chi connectivity index (χ0n) is 14.7. The Morgan fingerprint density at radius 3 is 2.96 bits per heavy atom. The van der Waals surface area contributed by atoms with Crippen molar-refractivity contribution in [1.82, 2.24) is 20.2 Å². The number of hydrazine groups is 1. The van der Waals surface area contributed by atoms with E-state index in [1.54, 1.807) is 7.11 Å². The molecule has 1 aliphatic heterocycles. The molecule has 6 N–H and O–H groups in total. The number of ether oxygens (including phenoxy) is 1. The summed E-state index contributed by atoms with van der Waals surface area (Å²) in [4.78, 5) is 28.4. The number of H-pyrrole nitrogens is 1. The molecule has 140 valence electrons. The van der Waals surface area contributed by atoms with Crippen LogP contribution in [0, 0.1) is 0 Å². The van der Waals surface area contributed by atoms with Crippen molar-refractivity contribution >= 4 is 23.0 Å². The van der Waals surface area contributed by atoms with E-state index in [-0.39, 0.29) is 6.04 Å². The fraction of sp³-hybridized carbons (Fsp3) is 0.412. The molecule has 3 rings (SSSR count). The van der Waals surface area contributed by atoms with Gasteiger partial charge in [0.05, 0.1) is 19.7 Å². The van der Waals surface area contributed by atoms with Crippen molar-refractivity contribution in [2.45, 2.75) is 25.4 Å². The third-order valence-electron chi connectivity index (χ3n) is 4.65. The molecule has 26 heavy (non-hydrogen) atoms. The lowest BCUT2D eigenvalue weighted by molar-refractivity contribution is 0.123. The molecular formula is C17H24N6O3. The number of nitrogens with one attached hydrogen (secondary N) is 2. The zero-order chi connectivity index (χ0) is 18.7. The zero-order valence-corrected chi connectivity index (χ0v) is 14.7. The van der Waals surface area contributed by atoms with Gasteiger partial charge in [0.15, 0.2) is 0 Å². The van der Waals surface area contributed by atoms with E-state index in [4.69, 9.17) is 16.3 Å². The number of urea groups is 2. The number of rotatable bonds is 4. The number of primary amides is 1. The maximum Gasteiger partial charge on any atom is 0.332 e. The van der Waals surface area contributed by atoms with E-state index in [0.717, 1.165) is 40.2 Å². The summed E-state index contributed by atoms with van der Waals surface area (Å²) in [7, 11) is 1.62. The first-order valence-electron chi connectivity index (χ1n) is 8.49. The van der Waals surface area contributed by atoms with Crippen molar-refractivity contribution in [3.05, 3.63) is 30.0 Å². The summed E-state index contributed by atoms with van der Waals surface area (Å²) in [5.41, 5.74) is 7.13. The number of nitrogens with two attached hydrogens (primary N) is 2. The van der Waals surface area contributed by atoms with Crippen LogP contribution in [-0.4, -0.2) is 53.2 Å². The number of hydrogen-bond donors (Lipinski definition) is 4. The molecule has 1 aromatic heterocycles. The first-order chi connectivity index (χ1) is 12.5. The van der Waals surface area contributed by atoms with Gasteiger partial charge >= 0.3 is 12.1 Å². The largest absolute Gasteiger partial charge is 0.497 e. The monoisotopic (exact) mass is 360 g/mol. The highest BCUT2D eigenvalue weighted by molar-refractivity contribution is 5.82. The summed E-state index contributed by atoms with van der Waals surface area (Å²) >= 11 is 0. The molecule has 0 radical (unpaired) electrons. The molecule has 1 aromatic carbocycles. The van der Waals surface area contributed by atoms with Gasteiger partial charge in [0.2, 0.25) is 0 Å². The van der Waals surface area contributed by atoms with Crippen LogP contribution in [0.2, 0.25) is 0 Å². The lowest BCUT2D eigenvalue weighted by Crippen LogP contribution is -2.57. The highest BCUT2D eigenvalue weighted by Gasteiger charge is 2.28. The predicted molar refractivity (Wildman–Crippen MR) is 97.3 cm³/mol. The average molecular weight is 360 g/mol. The van der Waals surface area contributed by atoms with Crippen molar-refractivity contribution in [2.24, 2.45) is 11.6 Å². The van der Waals surface area contributed by atoms with Crippen molar-refractivity contribution in [3.8, 4) is 5.75 Å². The van der Waals surface area contributed by atoms with E-state index >= 15 is 0 Å². The first kappa shape index (κ1) is 17.9. The van der Waals surface area contributed by atoms with Crippen LogP contribution in [-0.2, 0) is 6.54 Å². The van der Waals surface area contributed by atoms with Crippen LogP contribution in [0.25, 0.3) is 10.9 Å². The second-order valence-electron chi connectivity index (χ2n) is 6.39. The Balaban J connectivity index is 1.58. The summed E-state index contributed by atoms with van der Waals surface area (Å²) in [5.74, 6) is 6.72. The molecule has 0 aliphatic carbocycles. The van der Waals surface area contributed by atoms with E-state index in [1.165, 1.54) is 4.90 Å². The summed E-state index contributed by atoms with van der Waals surface area (Å²) in [6.07, 6.45) is 1.50. The Morgan fingerprint density at radius 1 is 1.42 bits per heavy atom. The van der Waals surface area contributed by atoms with Crippen LogP contribution in [0.1, 0.15) is 18.5 Å². The molecule has 0 saturated carbocycles. The van der Waals surface area contributed by atoms with Gasteiger partial charge in [0.1, 0.15) is 5.75 Å². The fourth-order valence-electron chi connectivity index (χ4n) is 3.20. The van der Waals surface area contributed by atoms with E-state index in [9.17, 15) is 9.59 Å². The molecule has 2 heterocycles. The topological polar surface area (TPSA) is 130 Å². The van der Waals surface area contributed by atoms with Crippen LogP contribution in [0.3, 0.4) is 0 Å². The van der Waals surface area contributed by atoms with Gasteiger partial charge in [0, 0.05) is 29.7 Å². The maximum absolute atomic E-state index is 12.3. The quantitative estimate of drug-likeness (QED) is 0.369. The fourth-order valence-corrected chi connectivity index (χ4v) is 3.20. The minimum Gasteiger partial charge on any atom is -0.497 e. The number of aromatic amines is 1. The van der Waals surface area contributed by atoms with Gasteiger partial charge in [-0.15, -0.1) is 0 Å². The van der Waals surface area contributed by atoms with Crippen molar-refractivity contribution in [2.75, 3.05) is 20.2 Å². The number of piperidine rings is 1. The highest BCUT2D eigenvalue weighted by atomic mass is 16.5. The van der Waals surface area contributed by atoms with Gasteiger partial charge in [-0.2, -0.15) is 0 Å². The Hall–Kier alpha value is -2.94. The number of likely N-dealkylation sites (tertiary alicyclic amines) is 1.